The zero-order chi connectivity index (χ0) is 13.8. The van der Waals surface area contributed by atoms with Crippen molar-refractivity contribution < 1.29 is 28.7 Å². The summed E-state index contributed by atoms with van der Waals surface area (Å²) in [6.07, 6.45) is 0.937. The highest BCUT2D eigenvalue weighted by molar-refractivity contribution is 6.00. The van der Waals surface area contributed by atoms with Crippen LogP contribution in [0.5, 0.6) is 11.5 Å². The van der Waals surface area contributed by atoms with Crippen LogP contribution in [0.15, 0.2) is 35.0 Å². The predicted octanol–water partition coefficient (Wildman–Crippen LogP) is 1.60. The van der Waals surface area contributed by atoms with Gasteiger partial charge in [0, 0.05) is 0 Å². The van der Waals surface area contributed by atoms with Crippen LogP contribution in [-0.2, 0) is 0 Å². The van der Waals surface area contributed by atoms with Crippen LogP contribution in [0, 0.1) is 0 Å². The van der Waals surface area contributed by atoms with Crippen molar-refractivity contribution in [3.8, 4) is 11.5 Å². The molecule has 0 saturated carbocycles. The third-order valence-electron chi connectivity index (χ3n) is 2.26. The van der Waals surface area contributed by atoms with Gasteiger partial charge in [-0.2, -0.15) is 0 Å². The maximum atomic E-state index is 11.7. The molecular formula is C12H9NO6. The topological polar surface area (TPSA) is 98.9 Å². The average Bonchev–Trinajstić information content (AvgIpc) is 2.89. The molecule has 1 N–H and O–H groups in total. The molecule has 0 bridgehead atoms. The predicted molar refractivity (Wildman–Crippen MR) is 61.4 cm³/mol. The van der Waals surface area contributed by atoms with Gasteiger partial charge in [-0.1, -0.05) is 5.16 Å². The van der Waals surface area contributed by atoms with Gasteiger partial charge in [0.2, 0.25) is 0 Å². The minimum absolute atomic E-state index is 0.235. The van der Waals surface area contributed by atoms with E-state index in [9.17, 15) is 9.59 Å². The van der Waals surface area contributed by atoms with Gasteiger partial charge >= 0.3 is 11.9 Å². The third-order valence-corrected chi connectivity index (χ3v) is 2.26. The smallest absolute Gasteiger partial charge is 0.383 e. The number of esters is 1. The zero-order valence-electron chi connectivity index (χ0n) is 9.82. The van der Waals surface area contributed by atoms with Crippen LogP contribution in [0.3, 0.4) is 0 Å². The van der Waals surface area contributed by atoms with Gasteiger partial charge in [0.15, 0.2) is 0 Å². The molecule has 0 radical (unpaired) electrons. The fourth-order valence-electron chi connectivity index (χ4n) is 1.34. The Bertz CT molecular complexity index is 601. The van der Waals surface area contributed by atoms with Gasteiger partial charge in [-0.25, -0.2) is 9.59 Å². The SMILES string of the molecule is COc1ccc(OC(=O)c2oncc2C(=O)O)cc1. The first kappa shape index (κ1) is 12.6. The van der Waals surface area contributed by atoms with Gasteiger partial charge in [0.25, 0.3) is 5.76 Å². The van der Waals surface area contributed by atoms with Crippen LogP contribution in [0.4, 0.5) is 0 Å². The van der Waals surface area contributed by atoms with Crippen molar-refractivity contribution in [1.29, 1.82) is 0 Å². The van der Waals surface area contributed by atoms with E-state index in [0.717, 1.165) is 6.20 Å². The summed E-state index contributed by atoms with van der Waals surface area (Å²) in [4.78, 5) is 22.5. The Balaban J connectivity index is 2.16. The van der Waals surface area contributed by atoms with E-state index >= 15 is 0 Å². The minimum Gasteiger partial charge on any atom is -0.497 e. The number of ether oxygens (including phenoxy) is 2. The number of carbonyl (C=O) groups is 2. The highest BCUT2D eigenvalue weighted by Gasteiger charge is 2.23. The second kappa shape index (κ2) is 5.21. The van der Waals surface area contributed by atoms with Gasteiger partial charge in [-0.15, -0.1) is 0 Å². The van der Waals surface area contributed by atoms with Crippen molar-refractivity contribution in [2.45, 2.75) is 0 Å². The highest BCUT2D eigenvalue weighted by atomic mass is 16.6. The van der Waals surface area contributed by atoms with Crippen molar-refractivity contribution in [2.75, 3.05) is 7.11 Å². The lowest BCUT2D eigenvalue weighted by atomic mass is 10.2. The first-order chi connectivity index (χ1) is 9.11. The minimum atomic E-state index is -1.32. The van der Waals surface area contributed by atoms with E-state index < -0.39 is 17.7 Å². The number of carboxylic acids is 1. The lowest BCUT2D eigenvalue weighted by Gasteiger charge is -2.03. The lowest BCUT2D eigenvalue weighted by molar-refractivity contribution is 0.0644. The first-order valence-electron chi connectivity index (χ1n) is 5.16. The second-order valence-corrected chi connectivity index (χ2v) is 3.44. The van der Waals surface area contributed by atoms with E-state index in [1.807, 2.05) is 0 Å². The Morgan fingerprint density at radius 1 is 1.21 bits per heavy atom. The van der Waals surface area contributed by atoms with E-state index in [2.05, 4.69) is 9.68 Å². The molecule has 0 atom stereocenters. The Morgan fingerprint density at radius 2 is 1.84 bits per heavy atom. The number of hydrogen-bond donors (Lipinski definition) is 1. The monoisotopic (exact) mass is 263 g/mol. The molecular weight excluding hydrogens is 254 g/mol. The summed E-state index contributed by atoms with van der Waals surface area (Å²) in [5, 5.41) is 12.1. The number of benzene rings is 1. The quantitative estimate of drug-likeness (QED) is 0.660. The van der Waals surface area contributed by atoms with E-state index in [0.29, 0.717) is 5.75 Å². The number of carbonyl (C=O) groups excluding carboxylic acids is 1. The van der Waals surface area contributed by atoms with Crippen LogP contribution in [0.25, 0.3) is 0 Å². The standard InChI is InChI=1S/C12H9NO6/c1-17-7-2-4-8(5-3-7)18-12(16)10-9(11(14)15)6-13-19-10/h2-6H,1H3,(H,14,15). The van der Waals surface area contributed by atoms with Crippen molar-refractivity contribution >= 4 is 11.9 Å². The maximum Gasteiger partial charge on any atom is 0.383 e. The molecule has 0 saturated heterocycles. The number of hydrogen-bond acceptors (Lipinski definition) is 6. The maximum absolute atomic E-state index is 11.7. The van der Waals surface area contributed by atoms with Crippen molar-refractivity contribution in [3.05, 3.63) is 41.8 Å². The van der Waals surface area contributed by atoms with E-state index in [-0.39, 0.29) is 11.3 Å². The largest absolute Gasteiger partial charge is 0.497 e. The molecule has 7 nitrogen and oxygen atoms in total. The zero-order valence-corrected chi connectivity index (χ0v) is 9.82. The summed E-state index contributed by atoms with van der Waals surface area (Å²) in [7, 11) is 1.51. The Kier molecular flexibility index (Phi) is 3.46. The number of nitrogens with zero attached hydrogens (tertiary/aromatic N) is 1. The summed E-state index contributed by atoms with van der Waals surface area (Å²) < 4.78 is 14.5. The molecule has 0 aliphatic carbocycles. The number of carboxylic acid groups (broad SMARTS) is 1. The van der Waals surface area contributed by atoms with Gasteiger partial charge < -0.3 is 19.1 Å². The van der Waals surface area contributed by atoms with Crippen LogP contribution in [-0.4, -0.2) is 29.3 Å². The van der Waals surface area contributed by atoms with Crippen LogP contribution in [0.1, 0.15) is 20.9 Å². The van der Waals surface area contributed by atoms with Crippen LogP contribution in [0.2, 0.25) is 0 Å². The molecule has 2 aromatic rings. The number of rotatable bonds is 4. The van der Waals surface area contributed by atoms with Gasteiger partial charge in [0.1, 0.15) is 17.1 Å². The Labute approximate surface area is 107 Å². The molecule has 2 rings (SSSR count). The molecule has 19 heavy (non-hydrogen) atoms. The molecule has 0 fully saturated rings. The molecule has 7 heteroatoms. The molecule has 98 valence electrons. The fourth-order valence-corrected chi connectivity index (χ4v) is 1.34. The van der Waals surface area contributed by atoms with Crippen molar-refractivity contribution in [3.63, 3.8) is 0 Å². The molecule has 0 aliphatic rings. The second-order valence-electron chi connectivity index (χ2n) is 3.44. The van der Waals surface area contributed by atoms with Crippen LogP contribution < -0.4 is 9.47 Å². The van der Waals surface area contributed by atoms with Crippen molar-refractivity contribution in [1.82, 2.24) is 5.16 Å². The fraction of sp³-hybridized carbons (Fsp3) is 0.0833. The summed E-state index contributed by atoms with van der Waals surface area (Å²) >= 11 is 0. The molecule has 0 amide bonds. The van der Waals surface area contributed by atoms with Crippen molar-refractivity contribution in [2.24, 2.45) is 0 Å². The van der Waals surface area contributed by atoms with E-state index in [1.54, 1.807) is 12.1 Å². The number of aromatic carboxylic acids is 1. The number of methoxy groups -OCH3 is 1. The van der Waals surface area contributed by atoms with Crippen LogP contribution >= 0.6 is 0 Å². The van der Waals surface area contributed by atoms with Gasteiger partial charge in [-0.05, 0) is 24.3 Å². The van der Waals surface area contributed by atoms with E-state index in [4.69, 9.17) is 14.6 Å². The molecule has 1 aromatic heterocycles. The normalized spacial score (nSPS) is 9.95. The van der Waals surface area contributed by atoms with Gasteiger partial charge in [-0.3, -0.25) is 0 Å². The summed E-state index contributed by atoms with van der Waals surface area (Å²) in [5.74, 6) is -1.87. The van der Waals surface area contributed by atoms with E-state index in [1.165, 1.54) is 19.2 Å². The summed E-state index contributed by atoms with van der Waals surface area (Å²) in [6, 6.07) is 6.21. The highest BCUT2D eigenvalue weighted by Crippen LogP contribution is 2.19. The summed E-state index contributed by atoms with van der Waals surface area (Å²) in [6.45, 7) is 0. The average molecular weight is 263 g/mol. The third kappa shape index (κ3) is 2.71. The lowest BCUT2D eigenvalue weighted by Crippen LogP contribution is -2.12. The molecule has 0 spiro atoms. The Morgan fingerprint density at radius 3 is 2.42 bits per heavy atom. The first-order valence-corrected chi connectivity index (χ1v) is 5.16. The van der Waals surface area contributed by atoms with Gasteiger partial charge in [0.05, 0.1) is 13.3 Å². The summed E-state index contributed by atoms with van der Waals surface area (Å²) in [5.41, 5.74) is -0.349. The number of aromatic nitrogens is 1. The molecule has 0 aliphatic heterocycles. The molecule has 1 heterocycles. The molecule has 0 unspecified atom stereocenters. The Hall–Kier alpha value is -2.83. The molecule has 1 aromatic carbocycles.